The first kappa shape index (κ1) is 16.5. The maximum absolute atomic E-state index is 13.1. The van der Waals surface area contributed by atoms with Crippen LogP contribution in [0.1, 0.15) is 16.7 Å². The van der Waals surface area contributed by atoms with E-state index in [9.17, 15) is 8.78 Å². The van der Waals surface area contributed by atoms with Crippen molar-refractivity contribution in [3.05, 3.63) is 107 Å². The third-order valence-electron chi connectivity index (χ3n) is 4.72. The first-order valence-corrected chi connectivity index (χ1v) is 8.63. The third kappa shape index (κ3) is 3.23. The zero-order chi connectivity index (χ0) is 18.1. The molecule has 0 bridgehead atoms. The molecule has 0 N–H and O–H groups in total. The van der Waals surface area contributed by atoms with Crippen LogP contribution in [0.5, 0.6) is 0 Å². The molecular formula is C24H18F2. The summed E-state index contributed by atoms with van der Waals surface area (Å²) in [5, 5.41) is 2.64. The van der Waals surface area contributed by atoms with Gasteiger partial charge in [0.1, 0.15) is 11.6 Å². The van der Waals surface area contributed by atoms with Crippen molar-refractivity contribution in [2.75, 3.05) is 0 Å². The van der Waals surface area contributed by atoms with E-state index in [4.69, 9.17) is 0 Å². The Kier molecular flexibility index (Phi) is 4.26. The van der Waals surface area contributed by atoms with E-state index in [1.165, 1.54) is 40.6 Å². The summed E-state index contributed by atoms with van der Waals surface area (Å²) in [6.07, 6.45) is 0.769. The van der Waals surface area contributed by atoms with E-state index in [2.05, 4.69) is 49.4 Å². The standard InChI is InChI=1S/C13H8F2.C11H10/c14-10-3-1-8-5-9-2-4-11(15)7-13(9)12(8)6-10;1-9-6-7-10-4-2-3-5-11(10)8-9/h1-4,6-7H,5H2;2-8H,1H3. The van der Waals surface area contributed by atoms with E-state index in [1.807, 2.05) is 0 Å². The van der Waals surface area contributed by atoms with Crippen molar-refractivity contribution in [2.45, 2.75) is 13.3 Å². The van der Waals surface area contributed by atoms with Gasteiger partial charge in [0, 0.05) is 0 Å². The summed E-state index contributed by atoms with van der Waals surface area (Å²) in [5.41, 5.74) is 5.10. The van der Waals surface area contributed by atoms with E-state index in [0.717, 1.165) is 28.7 Å². The molecular weight excluding hydrogens is 326 g/mol. The van der Waals surface area contributed by atoms with Crippen LogP contribution in [-0.2, 0) is 6.42 Å². The molecule has 5 rings (SSSR count). The average molecular weight is 344 g/mol. The van der Waals surface area contributed by atoms with Crippen LogP contribution in [0.25, 0.3) is 21.9 Å². The van der Waals surface area contributed by atoms with Gasteiger partial charge in [-0.1, -0.05) is 60.2 Å². The predicted octanol–water partition coefficient (Wildman–Crippen LogP) is 6.68. The van der Waals surface area contributed by atoms with Crippen LogP contribution in [0, 0.1) is 18.6 Å². The number of benzene rings is 4. The molecule has 0 aromatic heterocycles. The average Bonchev–Trinajstić information content (AvgIpc) is 2.99. The second kappa shape index (κ2) is 6.72. The number of halogens is 2. The monoisotopic (exact) mass is 344 g/mol. The molecule has 0 nitrogen and oxygen atoms in total. The second-order valence-electron chi connectivity index (χ2n) is 6.63. The van der Waals surface area contributed by atoms with E-state index in [1.54, 1.807) is 12.1 Å². The topological polar surface area (TPSA) is 0 Å². The van der Waals surface area contributed by atoms with Crippen molar-refractivity contribution in [3.8, 4) is 11.1 Å². The third-order valence-corrected chi connectivity index (χ3v) is 4.72. The molecule has 1 aliphatic carbocycles. The van der Waals surface area contributed by atoms with Crippen LogP contribution in [0.15, 0.2) is 78.9 Å². The van der Waals surface area contributed by atoms with Crippen LogP contribution >= 0.6 is 0 Å². The molecule has 0 aliphatic heterocycles. The smallest absolute Gasteiger partial charge is 0.123 e. The first-order valence-electron chi connectivity index (χ1n) is 8.63. The molecule has 1 aliphatic rings. The SMILES string of the molecule is Cc1ccc2ccccc2c1.Fc1ccc2c(c1)-c1cc(F)ccc1C2. The molecule has 2 heteroatoms. The number of hydrogen-bond acceptors (Lipinski definition) is 0. The molecule has 26 heavy (non-hydrogen) atoms. The van der Waals surface area contributed by atoms with Crippen LogP contribution in [0.3, 0.4) is 0 Å². The molecule has 0 unspecified atom stereocenters. The normalized spacial score (nSPS) is 11.5. The lowest BCUT2D eigenvalue weighted by atomic mass is 10.1. The Hall–Kier alpha value is -3.00. The highest BCUT2D eigenvalue weighted by molar-refractivity contribution is 5.82. The Morgan fingerprint density at radius 2 is 1.19 bits per heavy atom. The summed E-state index contributed by atoms with van der Waals surface area (Å²) in [4.78, 5) is 0. The fraction of sp³-hybridized carbons (Fsp3) is 0.0833. The quantitative estimate of drug-likeness (QED) is 0.294. The minimum atomic E-state index is -0.272. The fourth-order valence-electron chi connectivity index (χ4n) is 3.42. The lowest BCUT2D eigenvalue weighted by Crippen LogP contribution is -1.81. The molecule has 0 radical (unpaired) electrons. The molecule has 0 fully saturated rings. The molecule has 0 amide bonds. The largest absolute Gasteiger partial charge is 0.207 e. The maximum Gasteiger partial charge on any atom is 0.123 e. The molecule has 4 aromatic carbocycles. The van der Waals surface area contributed by atoms with Gasteiger partial charge in [-0.2, -0.15) is 0 Å². The van der Waals surface area contributed by atoms with E-state index < -0.39 is 0 Å². The minimum Gasteiger partial charge on any atom is -0.207 e. The van der Waals surface area contributed by atoms with Gasteiger partial charge < -0.3 is 0 Å². The second-order valence-corrected chi connectivity index (χ2v) is 6.63. The van der Waals surface area contributed by atoms with Crippen molar-refractivity contribution < 1.29 is 8.78 Å². The molecule has 0 atom stereocenters. The van der Waals surface area contributed by atoms with Gasteiger partial charge in [-0.25, -0.2) is 8.78 Å². The Labute approximate surface area is 151 Å². The Balaban J connectivity index is 0.000000136. The molecule has 4 aromatic rings. The number of rotatable bonds is 0. The van der Waals surface area contributed by atoms with Gasteiger partial charge in [-0.3, -0.25) is 0 Å². The molecule has 0 saturated carbocycles. The summed E-state index contributed by atoms with van der Waals surface area (Å²) in [5.74, 6) is -0.545. The van der Waals surface area contributed by atoms with Gasteiger partial charge in [0.2, 0.25) is 0 Å². The Morgan fingerprint density at radius 3 is 1.81 bits per heavy atom. The summed E-state index contributed by atoms with van der Waals surface area (Å²) in [6.45, 7) is 2.12. The zero-order valence-corrected chi connectivity index (χ0v) is 14.5. The van der Waals surface area contributed by atoms with Gasteiger partial charge in [0.15, 0.2) is 0 Å². The number of fused-ring (bicyclic) bond motifs is 4. The van der Waals surface area contributed by atoms with Crippen molar-refractivity contribution >= 4 is 10.8 Å². The molecule has 128 valence electrons. The van der Waals surface area contributed by atoms with Gasteiger partial charge >= 0.3 is 0 Å². The molecule has 0 spiro atoms. The summed E-state index contributed by atoms with van der Waals surface area (Å²) < 4.78 is 26.1. The minimum absolute atomic E-state index is 0.272. The Morgan fingerprint density at radius 1 is 0.615 bits per heavy atom. The number of hydrogen-bond donors (Lipinski definition) is 0. The van der Waals surface area contributed by atoms with Gasteiger partial charge in [-0.05, 0) is 70.6 Å². The van der Waals surface area contributed by atoms with Crippen LogP contribution < -0.4 is 0 Å². The highest BCUT2D eigenvalue weighted by Gasteiger charge is 2.18. The van der Waals surface area contributed by atoms with Gasteiger partial charge in [-0.15, -0.1) is 0 Å². The molecule has 0 saturated heterocycles. The summed E-state index contributed by atoms with van der Waals surface area (Å²) >= 11 is 0. The van der Waals surface area contributed by atoms with Crippen molar-refractivity contribution in [1.29, 1.82) is 0 Å². The van der Waals surface area contributed by atoms with Crippen molar-refractivity contribution in [3.63, 3.8) is 0 Å². The highest BCUT2D eigenvalue weighted by atomic mass is 19.1. The van der Waals surface area contributed by atoms with Crippen molar-refractivity contribution in [2.24, 2.45) is 0 Å². The van der Waals surface area contributed by atoms with Crippen LogP contribution in [0.4, 0.5) is 8.78 Å². The number of aryl methyl sites for hydroxylation is 1. The van der Waals surface area contributed by atoms with E-state index >= 15 is 0 Å². The summed E-state index contributed by atoms with van der Waals surface area (Å²) in [7, 11) is 0. The highest BCUT2D eigenvalue weighted by Crippen LogP contribution is 2.37. The van der Waals surface area contributed by atoms with Crippen LogP contribution in [-0.4, -0.2) is 0 Å². The lowest BCUT2D eigenvalue weighted by Gasteiger charge is -2.00. The van der Waals surface area contributed by atoms with Gasteiger partial charge in [0.05, 0.1) is 0 Å². The van der Waals surface area contributed by atoms with Crippen molar-refractivity contribution in [1.82, 2.24) is 0 Å². The lowest BCUT2D eigenvalue weighted by molar-refractivity contribution is 0.626. The zero-order valence-electron chi connectivity index (χ0n) is 14.5. The van der Waals surface area contributed by atoms with E-state index in [-0.39, 0.29) is 11.6 Å². The fourth-order valence-corrected chi connectivity index (χ4v) is 3.42. The maximum atomic E-state index is 13.1. The first-order chi connectivity index (χ1) is 12.6. The molecule has 0 heterocycles. The van der Waals surface area contributed by atoms with Gasteiger partial charge in [0.25, 0.3) is 0 Å². The predicted molar refractivity (Wildman–Crippen MR) is 103 cm³/mol. The summed E-state index contributed by atoms with van der Waals surface area (Å²) in [6, 6.07) is 24.3. The van der Waals surface area contributed by atoms with Crippen LogP contribution in [0.2, 0.25) is 0 Å². The van der Waals surface area contributed by atoms with E-state index in [0.29, 0.717) is 0 Å². The Bertz CT molecular complexity index is 1050.